The van der Waals surface area contributed by atoms with Crippen molar-refractivity contribution in [2.45, 2.75) is 23.6 Å². The average Bonchev–Trinajstić information content (AvgIpc) is 2.98. The highest BCUT2D eigenvalue weighted by Crippen LogP contribution is 2.32. The summed E-state index contributed by atoms with van der Waals surface area (Å²) in [6, 6.07) is 23.5. The maximum absolute atomic E-state index is 13.7. The number of carbonyl (C=O) groups excluding carboxylic acids is 1. The number of ether oxygens (including phenoxy) is 2. The van der Waals surface area contributed by atoms with Crippen LogP contribution in [0.4, 0.5) is 17.1 Å². The highest BCUT2D eigenvalue weighted by atomic mass is 32.2. The number of methoxy groups -OCH3 is 2. The zero-order valence-corrected chi connectivity index (χ0v) is 25.1. The van der Waals surface area contributed by atoms with E-state index in [0.29, 0.717) is 17.1 Å². The molecule has 0 aliphatic heterocycles. The Kier molecular flexibility index (Phi) is 9.08. The Morgan fingerprint density at radius 1 is 0.738 bits per heavy atom. The quantitative estimate of drug-likeness (QED) is 0.246. The van der Waals surface area contributed by atoms with Gasteiger partial charge in [-0.15, -0.1) is 0 Å². The molecule has 0 saturated heterocycles. The van der Waals surface area contributed by atoms with Gasteiger partial charge in [0.2, 0.25) is 5.91 Å². The first-order valence-electron chi connectivity index (χ1n) is 12.7. The number of amides is 1. The van der Waals surface area contributed by atoms with E-state index in [1.165, 1.54) is 56.7 Å². The lowest BCUT2D eigenvalue weighted by Crippen LogP contribution is -2.38. The van der Waals surface area contributed by atoms with Crippen LogP contribution in [0.15, 0.2) is 101 Å². The molecule has 0 heterocycles. The first-order chi connectivity index (χ1) is 20.0. The van der Waals surface area contributed by atoms with Crippen LogP contribution in [0.2, 0.25) is 0 Å². The van der Waals surface area contributed by atoms with Gasteiger partial charge in [-0.3, -0.25) is 13.8 Å². The summed E-state index contributed by atoms with van der Waals surface area (Å²) < 4.78 is 67.5. The molecule has 0 spiro atoms. The molecule has 1 amide bonds. The second-order valence-electron chi connectivity index (χ2n) is 9.31. The van der Waals surface area contributed by atoms with Crippen molar-refractivity contribution < 1.29 is 31.1 Å². The number of carbonyl (C=O) groups is 1. The molecule has 0 atom stereocenters. The molecule has 0 aliphatic carbocycles. The van der Waals surface area contributed by atoms with Crippen molar-refractivity contribution in [2.75, 3.05) is 35.1 Å². The molecule has 2 N–H and O–H groups in total. The molecule has 4 rings (SSSR count). The first-order valence-corrected chi connectivity index (χ1v) is 15.7. The van der Waals surface area contributed by atoms with E-state index in [1.807, 2.05) is 32.0 Å². The Labute approximate surface area is 246 Å². The van der Waals surface area contributed by atoms with Crippen LogP contribution in [0.5, 0.6) is 11.5 Å². The molecule has 0 aliphatic rings. The fourth-order valence-corrected chi connectivity index (χ4v) is 6.87. The Morgan fingerprint density at radius 3 is 1.93 bits per heavy atom. The summed E-state index contributed by atoms with van der Waals surface area (Å²) in [6.45, 7) is 3.08. The molecule has 220 valence electrons. The van der Waals surface area contributed by atoms with Gasteiger partial charge in [0.15, 0.2) is 11.5 Å². The van der Waals surface area contributed by atoms with E-state index in [9.17, 15) is 21.6 Å². The minimum absolute atomic E-state index is 0.00472. The summed E-state index contributed by atoms with van der Waals surface area (Å²) in [6.07, 6.45) is 0. The smallest absolute Gasteiger partial charge is 0.264 e. The fourth-order valence-electron chi connectivity index (χ4n) is 4.23. The van der Waals surface area contributed by atoms with Gasteiger partial charge in [-0.25, -0.2) is 16.8 Å². The van der Waals surface area contributed by atoms with Gasteiger partial charge in [0.25, 0.3) is 20.0 Å². The van der Waals surface area contributed by atoms with Crippen molar-refractivity contribution in [3.8, 4) is 11.5 Å². The van der Waals surface area contributed by atoms with Crippen molar-refractivity contribution in [3.05, 3.63) is 102 Å². The Morgan fingerprint density at radius 2 is 1.33 bits per heavy atom. The molecule has 0 unspecified atom stereocenters. The summed E-state index contributed by atoms with van der Waals surface area (Å²) in [5.74, 6) is -0.0551. The maximum Gasteiger partial charge on any atom is 0.264 e. The first kappa shape index (κ1) is 30.4. The van der Waals surface area contributed by atoms with E-state index in [0.717, 1.165) is 15.4 Å². The van der Waals surface area contributed by atoms with Crippen LogP contribution < -0.4 is 23.8 Å². The lowest BCUT2D eigenvalue weighted by Gasteiger charge is -2.24. The molecular formula is C30H31N3O7S2. The van der Waals surface area contributed by atoms with Crippen LogP contribution in [-0.4, -0.2) is 43.5 Å². The summed E-state index contributed by atoms with van der Waals surface area (Å²) in [7, 11) is -5.26. The van der Waals surface area contributed by atoms with Crippen molar-refractivity contribution in [1.82, 2.24) is 0 Å². The number of benzene rings is 4. The van der Waals surface area contributed by atoms with Crippen molar-refractivity contribution >= 4 is 43.0 Å². The van der Waals surface area contributed by atoms with Crippen molar-refractivity contribution in [2.24, 2.45) is 0 Å². The van der Waals surface area contributed by atoms with Crippen LogP contribution in [0.1, 0.15) is 11.1 Å². The molecular weight excluding hydrogens is 578 g/mol. The Bertz CT molecular complexity index is 1770. The molecule has 0 aromatic heterocycles. The minimum Gasteiger partial charge on any atom is -0.493 e. The van der Waals surface area contributed by atoms with Gasteiger partial charge in [-0.1, -0.05) is 36.4 Å². The van der Waals surface area contributed by atoms with Crippen molar-refractivity contribution in [1.29, 1.82) is 0 Å². The molecule has 4 aromatic carbocycles. The third-order valence-corrected chi connectivity index (χ3v) is 9.58. The second-order valence-corrected chi connectivity index (χ2v) is 12.9. The van der Waals surface area contributed by atoms with Gasteiger partial charge < -0.3 is 14.8 Å². The van der Waals surface area contributed by atoms with E-state index in [4.69, 9.17) is 9.47 Å². The molecule has 12 heteroatoms. The number of hydrogen-bond donors (Lipinski definition) is 2. The second kappa shape index (κ2) is 12.5. The van der Waals surface area contributed by atoms with E-state index in [1.54, 1.807) is 30.3 Å². The summed E-state index contributed by atoms with van der Waals surface area (Å²) in [4.78, 5) is 13.0. The van der Waals surface area contributed by atoms with Crippen LogP contribution >= 0.6 is 0 Å². The van der Waals surface area contributed by atoms with Gasteiger partial charge in [-0.2, -0.15) is 0 Å². The number of nitrogens with one attached hydrogen (secondary N) is 2. The van der Waals surface area contributed by atoms with Gasteiger partial charge in [0.05, 0.1) is 35.4 Å². The molecule has 4 aromatic rings. The topological polar surface area (TPSA) is 131 Å². The summed E-state index contributed by atoms with van der Waals surface area (Å²) >= 11 is 0. The van der Waals surface area contributed by atoms with Gasteiger partial charge in [-0.05, 0) is 73.5 Å². The number of hydrogen-bond acceptors (Lipinski definition) is 7. The molecule has 0 saturated carbocycles. The average molecular weight is 610 g/mol. The standard InChI is InChI=1S/C30H31N3O7S2/c1-21-9-8-10-22(2)30(21)32-41(35,36)25-15-13-23(14-16-25)31-29(34)20-33(24-11-6-5-7-12-24)42(37,38)26-17-18-27(39-3)28(19-26)40-4/h5-19,32H,20H2,1-4H3,(H,31,34). The normalized spacial score (nSPS) is 11.4. The predicted molar refractivity (Wildman–Crippen MR) is 162 cm³/mol. The maximum atomic E-state index is 13.7. The van der Waals surface area contributed by atoms with E-state index >= 15 is 0 Å². The monoisotopic (exact) mass is 609 g/mol. The molecule has 0 radical (unpaired) electrons. The summed E-state index contributed by atoms with van der Waals surface area (Å²) in [5.41, 5.74) is 2.65. The largest absolute Gasteiger partial charge is 0.493 e. The molecule has 0 fully saturated rings. The Hall–Kier alpha value is -4.55. The van der Waals surface area contributed by atoms with Gasteiger partial charge >= 0.3 is 0 Å². The lowest BCUT2D eigenvalue weighted by molar-refractivity contribution is -0.114. The third-order valence-electron chi connectivity index (χ3n) is 6.44. The highest BCUT2D eigenvalue weighted by molar-refractivity contribution is 7.93. The minimum atomic E-state index is -4.21. The van der Waals surface area contributed by atoms with Crippen molar-refractivity contribution in [3.63, 3.8) is 0 Å². The number of rotatable bonds is 11. The van der Waals surface area contributed by atoms with E-state index in [-0.39, 0.29) is 21.2 Å². The summed E-state index contributed by atoms with van der Waals surface area (Å²) in [5, 5.41) is 2.65. The zero-order chi connectivity index (χ0) is 30.5. The third kappa shape index (κ3) is 6.67. The lowest BCUT2D eigenvalue weighted by atomic mass is 10.1. The SMILES string of the molecule is COc1ccc(S(=O)(=O)N(CC(=O)Nc2ccc(S(=O)(=O)Nc3c(C)cccc3C)cc2)c2ccccc2)cc1OC. The van der Waals surface area contributed by atoms with Crippen LogP contribution in [0.25, 0.3) is 0 Å². The number of para-hydroxylation sites is 2. The van der Waals surface area contributed by atoms with Gasteiger partial charge in [0.1, 0.15) is 6.54 Å². The molecule has 0 bridgehead atoms. The molecule has 42 heavy (non-hydrogen) atoms. The van der Waals surface area contributed by atoms with Crippen LogP contribution in [-0.2, 0) is 24.8 Å². The van der Waals surface area contributed by atoms with Crippen LogP contribution in [0, 0.1) is 13.8 Å². The number of nitrogens with zero attached hydrogens (tertiary/aromatic N) is 1. The molecule has 10 nitrogen and oxygen atoms in total. The Balaban J connectivity index is 1.55. The van der Waals surface area contributed by atoms with Gasteiger partial charge in [0, 0.05) is 11.8 Å². The highest BCUT2D eigenvalue weighted by Gasteiger charge is 2.28. The predicted octanol–water partition coefficient (Wildman–Crippen LogP) is 4.96. The van der Waals surface area contributed by atoms with Crippen LogP contribution in [0.3, 0.4) is 0 Å². The number of sulfonamides is 2. The van der Waals surface area contributed by atoms with E-state index < -0.39 is 32.5 Å². The fraction of sp³-hybridized carbons (Fsp3) is 0.167. The number of anilines is 3. The number of aryl methyl sites for hydroxylation is 2. The zero-order valence-electron chi connectivity index (χ0n) is 23.5. The van der Waals surface area contributed by atoms with E-state index in [2.05, 4.69) is 10.0 Å².